The first-order valence-corrected chi connectivity index (χ1v) is 26.7. The highest BCUT2D eigenvalue weighted by Gasteiger charge is 2.40. The summed E-state index contributed by atoms with van der Waals surface area (Å²) in [5.74, 6) is 1.48. The third-order valence-corrected chi connectivity index (χ3v) is 21.3. The van der Waals surface area contributed by atoms with Gasteiger partial charge in [-0.1, -0.05) is 0 Å². The summed E-state index contributed by atoms with van der Waals surface area (Å²) >= 11 is 5.67. The Morgan fingerprint density at radius 1 is 0.548 bits per heavy atom. The van der Waals surface area contributed by atoms with Crippen LogP contribution in [0.3, 0.4) is 0 Å². The summed E-state index contributed by atoms with van der Waals surface area (Å²) in [7, 11) is -0.552. The normalized spacial score (nSPS) is 12.1. The molecule has 0 spiro atoms. The van der Waals surface area contributed by atoms with E-state index >= 15 is 0 Å². The monoisotopic (exact) mass is 780 g/mol. The van der Waals surface area contributed by atoms with Gasteiger partial charge in [-0.25, -0.2) is 7.42 Å². The molecule has 0 aromatic rings. The minimum atomic E-state index is -2.68. The zero-order valence-electron chi connectivity index (χ0n) is 25.9. The van der Waals surface area contributed by atoms with Crippen LogP contribution in [0.5, 0.6) is 0 Å². The molecule has 250 valence electrons. The van der Waals surface area contributed by atoms with Crippen molar-refractivity contribution >= 4 is 117 Å². The molecule has 0 N–H and O–H groups in total. The van der Waals surface area contributed by atoms with Crippen LogP contribution in [0.4, 0.5) is 9.59 Å². The lowest BCUT2D eigenvalue weighted by Gasteiger charge is -2.28. The van der Waals surface area contributed by atoms with Gasteiger partial charge in [-0.3, -0.25) is 9.59 Å². The number of hydrogen-bond donors (Lipinski definition) is 0. The summed E-state index contributed by atoms with van der Waals surface area (Å²) in [5.41, 5.74) is 0. The van der Waals surface area contributed by atoms with E-state index in [0.29, 0.717) is 51.7 Å². The average molecular weight is 781 g/mol. The van der Waals surface area contributed by atoms with Gasteiger partial charge < -0.3 is 26.6 Å². The maximum Gasteiger partial charge on any atom is 0.500 e. The van der Waals surface area contributed by atoms with E-state index in [9.17, 15) is 9.59 Å². The maximum atomic E-state index is 12.7. The molecule has 20 heteroatoms. The van der Waals surface area contributed by atoms with Crippen LogP contribution in [-0.4, -0.2) is 99.2 Å². The first-order chi connectivity index (χ1) is 20.3. The van der Waals surface area contributed by atoms with Crippen LogP contribution in [0.25, 0.3) is 0 Å². The third kappa shape index (κ3) is 18.9. The van der Waals surface area contributed by atoms with Crippen LogP contribution in [0.2, 0.25) is 12.1 Å². The lowest BCUT2D eigenvalue weighted by Crippen LogP contribution is -2.46. The molecule has 0 radical (unpaired) electrons. The Bertz CT molecular complexity index is 625. The van der Waals surface area contributed by atoms with Crippen LogP contribution >= 0.6 is 89.0 Å². The Labute approximate surface area is 288 Å². The van der Waals surface area contributed by atoms with Crippen molar-refractivity contribution in [2.45, 2.75) is 66.5 Å². The maximum absolute atomic E-state index is 12.7. The molecular weight excluding hydrogens is 733 g/mol. The van der Waals surface area contributed by atoms with Gasteiger partial charge in [0, 0.05) is 97.3 Å². The van der Waals surface area contributed by atoms with E-state index in [-0.39, 0.29) is 10.5 Å². The molecule has 0 aromatic carbocycles. The quantitative estimate of drug-likeness (QED) is 0.0343. The highest BCUT2D eigenvalue weighted by molar-refractivity contribution is 9.29. The molecule has 0 aliphatic carbocycles. The number of hydrogen-bond acceptors (Lipinski definition) is 16. The predicted molar refractivity (Wildman–Crippen MR) is 197 cm³/mol. The molecule has 0 unspecified atom stereocenters. The van der Waals surface area contributed by atoms with E-state index in [2.05, 4.69) is 0 Å². The Balaban J connectivity index is 4.49. The topological polar surface area (TPSA) is 96.0 Å². The molecule has 0 saturated heterocycles. The summed E-state index contributed by atoms with van der Waals surface area (Å²) in [4.78, 5) is 25.4. The third-order valence-electron chi connectivity index (χ3n) is 4.73. The van der Waals surface area contributed by atoms with E-state index in [1.807, 2.05) is 54.1 Å². The molecule has 0 bridgehead atoms. The second-order valence-electron chi connectivity index (χ2n) is 7.55. The standard InChI is InChI=1S/C22H48N2O8S8Si2/c1-9-27-41(28-10-2,29-11-3)19-15-17-35-23(33-7)21(25)37-39-40-38-22(26)24(34-8)36-18-16-20-42(30-12-4,31-13-5)32-14-6/h9-20H2,1-8H3. The van der Waals surface area contributed by atoms with Gasteiger partial charge in [-0.05, 0) is 122 Å². The minimum absolute atomic E-state index is 0.0809. The van der Waals surface area contributed by atoms with Gasteiger partial charge >= 0.3 is 28.1 Å². The summed E-state index contributed by atoms with van der Waals surface area (Å²) in [6.07, 6.45) is 5.37. The van der Waals surface area contributed by atoms with Gasteiger partial charge in [-0.15, -0.1) is 0 Å². The Morgan fingerprint density at radius 3 is 1.07 bits per heavy atom. The van der Waals surface area contributed by atoms with Gasteiger partial charge in [0.2, 0.25) is 0 Å². The van der Waals surface area contributed by atoms with Gasteiger partial charge in [0.15, 0.2) is 0 Å². The average Bonchev–Trinajstić information content (AvgIpc) is 2.96. The SMILES string of the molecule is CCO[Si](CCCSN(SC)C(=O)SSSSC(=O)N(SC)SCCC[Si](OCC)(OCC)OCC)(OCC)OCC. The zero-order chi connectivity index (χ0) is 31.7. The van der Waals surface area contributed by atoms with Crippen molar-refractivity contribution in [3.63, 3.8) is 0 Å². The molecule has 0 aliphatic heterocycles. The number of amides is 2. The Morgan fingerprint density at radius 2 is 0.833 bits per heavy atom. The van der Waals surface area contributed by atoms with Crippen LogP contribution in [0, 0.1) is 0 Å². The van der Waals surface area contributed by atoms with Gasteiger partial charge in [0.25, 0.3) is 0 Å². The lowest BCUT2D eigenvalue weighted by atomic mass is 10.6. The molecule has 42 heavy (non-hydrogen) atoms. The highest BCUT2D eigenvalue weighted by Crippen LogP contribution is 2.47. The molecule has 0 aromatic heterocycles. The van der Waals surface area contributed by atoms with Crippen molar-refractivity contribution in [3.8, 4) is 0 Å². The molecule has 0 rings (SSSR count). The largest absolute Gasteiger partial charge is 0.500 e. The molecule has 0 aliphatic rings. The molecule has 10 nitrogen and oxygen atoms in total. The molecular formula is C22H48N2O8S8Si2. The first kappa shape index (κ1) is 43.9. The second-order valence-corrected chi connectivity index (χ2v) is 22.6. The van der Waals surface area contributed by atoms with Crippen molar-refractivity contribution in [1.82, 2.24) is 7.42 Å². The lowest BCUT2D eigenvalue weighted by molar-refractivity contribution is 0.0704. The fourth-order valence-electron chi connectivity index (χ4n) is 3.38. The van der Waals surface area contributed by atoms with Gasteiger partial charge in [0.1, 0.15) is 0 Å². The fraction of sp³-hybridized carbons (Fsp3) is 0.909. The van der Waals surface area contributed by atoms with Crippen molar-refractivity contribution in [2.24, 2.45) is 0 Å². The number of carbonyl (C=O) groups is 2. The van der Waals surface area contributed by atoms with E-state index in [1.165, 1.54) is 67.4 Å². The zero-order valence-corrected chi connectivity index (χ0v) is 34.4. The first-order valence-electron chi connectivity index (χ1n) is 13.8. The van der Waals surface area contributed by atoms with Crippen LogP contribution in [0.1, 0.15) is 54.4 Å². The minimum Gasteiger partial charge on any atom is -0.374 e. The van der Waals surface area contributed by atoms with Crippen molar-refractivity contribution in [2.75, 3.05) is 63.7 Å². The van der Waals surface area contributed by atoms with Crippen molar-refractivity contribution in [3.05, 3.63) is 0 Å². The van der Waals surface area contributed by atoms with E-state index < -0.39 is 17.6 Å². The summed E-state index contributed by atoms with van der Waals surface area (Å²) in [6.45, 7) is 15.0. The van der Waals surface area contributed by atoms with E-state index in [1.54, 1.807) is 7.42 Å². The van der Waals surface area contributed by atoms with Crippen LogP contribution < -0.4 is 0 Å². The van der Waals surface area contributed by atoms with Crippen molar-refractivity contribution in [1.29, 1.82) is 0 Å². The van der Waals surface area contributed by atoms with E-state index in [0.717, 1.165) is 45.9 Å². The summed E-state index contributed by atoms with van der Waals surface area (Å²) in [5, 5.41) is -0.162. The molecule has 0 saturated carbocycles. The Kier molecular flexibility index (Phi) is 29.3. The van der Waals surface area contributed by atoms with Crippen LogP contribution in [0.15, 0.2) is 0 Å². The second kappa shape index (κ2) is 28.0. The molecule has 0 fully saturated rings. The molecule has 0 heterocycles. The fourth-order valence-corrected chi connectivity index (χ4v) is 17.9. The van der Waals surface area contributed by atoms with Crippen molar-refractivity contribution < 1.29 is 36.1 Å². The van der Waals surface area contributed by atoms with Gasteiger partial charge in [-0.2, -0.15) is 0 Å². The highest BCUT2D eigenvalue weighted by atomic mass is 33.7. The van der Waals surface area contributed by atoms with Crippen LogP contribution in [-0.2, 0) is 26.6 Å². The predicted octanol–water partition coefficient (Wildman–Crippen LogP) is 9.24. The van der Waals surface area contributed by atoms with E-state index in [4.69, 9.17) is 26.6 Å². The Hall–Kier alpha value is 1.93. The summed E-state index contributed by atoms with van der Waals surface area (Å²) in [6, 6.07) is 1.42. The smallest absolute Gasteiger partial charge is 0.374 e. The number of carbonyl (C=O) groups excluding carboxylic acids is 2. The number of nitrogens with zero attached hydrogens (tertiary/aromatic N) is 2. The number of rotatable bonds is 27. The molecule has 0 atom stereocenters. The van der Waals surface area contributed by atoms with Gasteiger partial charge in [0.05, 0.1) is 0 Å². The molecule has 2 amide bonds. The summed E-state index contributed by atoms with van der Waals surface area (Å²) < 4.78 is 38.8.